The van der Waals surface area contributed by atoms with Crippen LogP contribution in [0.2, 0.25) is 0 Å². The lowest BCUT2D eigenvalue weighted by atomic mass is 9.95. The largest absolute Gasteiger partial charge is 0.329 e. The summed E-state index contributed by atoms with van der Waals surface area (Å²) in [7, 11) is 0. The number of hydrogen-bond acceptors (Lipinski definition) is 5. The number of rotatable bonds is 6. The molecule has 5 heteroatoms. The molecule has 4 nitrogen and oxygen atoms in total. The van der Waals surface area contributed by atoms with E-state index in [-0.39, 0.29) is 0 Å². The molecule has 2 aliphatic heterocycles. The highest BCUT2D eigenvalue weighted by Crippen LogP contribution is 2.38. The van der Waals surface area contributed by atoms with Gasteiger partial charge in [0, 0.05) is 72.5 Å². The molecule has 0 radical (unpaired) electrons. The summed E-state index contributed by atoms with van der Waals surface area (Å²) < 4.78 is 2.76. The molecule has 5 rings (SSSR count). The number of thiophene rings is 1. The average molecular weight is 463 g/mol. The Kier molecular flexibility index (Phi) is 8.34. The summed E-state index contributed by atoms with van der Waals surface area (Å²) in [6.45, 7) is 11.7. The molecule has 0 atom stereocenters. The molecule has 0 fully saturated rings. The second-order valence-corrected chi connectivity index (χ2v) is 9.75. The second kappa shape index (κ2) is 11.4. The van der Waals surface area contributed by atoms with Crippen molar-refractivity contribution in [3.05, 3.63) is 59.7 Å². The van der Waals surface area contributed by atoms with Crippen molar-refractivity contribution in [2.24, 2.45) is 11.5 Å². The summed E-state index contributed by atoms with van der Waals surface area (Å²) in [5, 5.41) is 2.79. The van der Waals surface area contributed by atoms with Gasteiger partial charge in [0.15, 0.2) is 0 Å². The summed E-state index contributed by atoms with van der Waals surface area (Å²) in [6.07, 6.45) is 6.98. The van der Waals surface area contributed by atoms with Crippen LogP contribution in [0.25, 0.3) is 31.3 Å². The third kappa shape index (κ3) is 5.39. The van der Waals surface area contributed by atoms with E-state index in [0.717, 1.165) is 65.2 Å². The first-order valence-corrected chi connectivity index (χ1v) is 13.3. The van der Waals surface area contributed by atoms with E-state index in [1.54, 1.807) is 0 Å². The highest BCUT2D eigenvalue weighted by atomic mass is 32.1. The van der Waals surface area contributed by atoms with Gasteiger partial charge in [-0.15, -0.1) is 11.3 Å². The fourth-order valence-corrected chi connectivity index (χ4v) is 5.96. The van der Waals surface area contributed by atoms with Crippen LogP contribution in [0.3, 0.4) is 0 Å². The maximum absolute atomic E-state index is 5.72. The van der Waals surface area contributed by atoms with Crippen molar-refractivity contribution < 1.29 is 0 Å². The van der Waals surface area contributed by atoms with Crippen LogP contribution < -0.4 is 11.5 Å². The van der Waals surface area contributed by atoms with Crippen molar-refractivity contribution in [1.29, 1.82) is 0 Å². The van der Waals surface area contributed by atoms with E-state index in [0.29, 0.717) is 0 Å². The first-order chi connectivity index (χ1) is 16.2. The molecule has 0 unspecified atom stereocenters. The van der Waals surface area contributed by atoms with Gasteiger partial charge in [0.05, 0.1) is 0 Å². The molecule has 3 aromatic rings. The molecule has 33 heavy (non-hydrogen) atoms. The Balaban J connectivity index is 0.00000126. The maximum atomic E-state index is 5.72. The first-order valence-electron chi connectivity index (χ1n) is 12.4. The van der Waals surface area contributed by atoms with Gasteiger partial charge in [-0.05, 0) is 59.4 Å². The van der Waals surface area contributed by atoms with Crippen molar-refractivity contribution >= 4 is 42.7 Å². The van der Waals surface area contributed by atoms with Crippen molar-refractivity contribution in [1.82, 2.24) is 9.80 Å². The summed E-state index contributed by atoms with van der Waals surface area (Å²) >= 11 is 1.90. The molecule has 0 spiro atoms. The topological polar surface area (TPSA) is 58.5 Å². The molecule has 4 N–H and O–H groups in total. The Labute approximate surface area is 202 Å². The molecule has 0 saturated heterocycles. The SMILES string of the molecule is CC.NCCN1CC=C(c2ccc3sc4ccc(C5=CCN(CCN)CC5)cc4c3c2)CC1. The first kappa shape index (κ1) is 24.1. The predicted molar refractivity (Wildman–Crippen MR) is 147 cm³/mol. The van der Waals surface area contributed by atoms with Crippen LogP contribution in [0.5, 0.6) is 0 Å². The van der Waals surface area contributed by atoms with E-state index >= 15 is 0 Å². The Morgan fingerprint density at radius 1 is 0.727 bits per heavy atom. The molecule has 2 aromatic carbocycles. The molecule has 1 aromatic heterocycles. The highest BCUT2D eigenvalue weighted by molar-refractivity contribution is 7.25. The Hall–Kier alpha value is -2.02. The third-order valence-electron chi connectivity index (χ3n) is 6.69. The summed E-state index contributed by atoms with van der Waals surface area (Å²) in [5.74, 6) is 0. The normalized spacial score (nSPS) is 17.6. The minimum absolute atomic E-state index is 0.736. The molecule has 0 saturated carbocycles. The van der Waals surface area contributed by atoms with E-state index in [1.165, 1.54) is 42.4 Å². The van der Waals surface area contributed by atoms with Gasteiger partial charge in [-0.1, -0.05) is 38.1 Å². The maximum Gasteiger partial charge on any atom is 0.0355 e. The lowest BCUT2D eigenvalue weighted by Crippen LogP contribution is -2.33. The van der Waals surface area contributed by atoms with Gasteiger partial charge < -0.3 is 11.5 Å². The molecule has 0 aliphatic carbocycles. The molecule has 3 heterocycles. The zero-order chi connectivity index (χ0) is 23.2. The van der Waals surface area contributed by atoms with Crippen molar-refractivity contribution in [2.75, 3.05) is 52.4 Å². The summed E-state index contributed by atoms with van der Waals surface area (Å²) in [4.78, 5) is 4.86. The molecule has 176 valence electrons. The highest BCUT2D eigenvalue weighted by Gasteiger charge is 2.16. The van der Waals surface area contributed by atoms with Gasteiger partial charge in [-0.3, -0.25) is 9.80 Å². The van der Waals surface area contributed by atoms with Crippen LogP contribution in [-0.2, 0) is 0 Å². The van der Waals surface area contributed by atoms with Crippen LogP contribution in [0, 0.1) is 0 Å². The second-order valence-electron chi connectivity index (χ2n) is 8.66. The molecule has 2 aliphatic rings. The zero-order valence-corrected chi connectivity index (χ0v) is 21.0. The zero-order valence-electron chi connectivity index (χ0n) is 20.1. The Bertz CT molecular complexity index is 1060. The van der Waals surface area contributed by atoms with Crippen LogP contribution in [0.1, 0.15) is 37.8 Å². The number of nitrogens with zero attached hydrogens (tertiary/aromatic N) is 2. The van der Waals surface area contributed by atoms with Gasteiger partial charge in [0.1, 0.15) is 0 Å². The van der Waals surface area contributed by atoms with E-state index in [4.69, 9.17) is 11.5 Å². The van der Waals surface area contributed by atoms with E-state index in [1.807, 2.05) is 25.2 Å². The molecule has 0 amide bonds. The van der Waals surface area contributed by atoms with Crippen LogP contribution in [0.4, 0.5) is 0 Å². The van der Waals surface area contributed by atoms with Crippen molar-refractivity contribution in [2.45, 2.75) is 26.7 Å². The molecule has 0 bridgehead atoms. The standard InChI is InChI=1S/C26H32N4S.C2H6/c27-9-15-29-11-5-19(6-12-29)21-1-3-25-23(17-21)24-18-22(2-4-26(24)31-25)20-7-13-30(14-8-20)16-10-28;1-2/h1-5,7,17-18H,6,8-16,27-28H2;1-2H3. The van der Waals surface area contributed by atoms with E-state index in [2.05, 4.69) is 58.4 Å². The lowest BCUT2D eigenvalue weighted by Gasteiger charge is -2.26. The summed E-state index contributed by atoms with van der Waals surface area (Å²) in [5.41, 5.74) is 17.1. The van der Waals surface area contributed by atoms with Crippen LogP contribution >= 0.6 is 11.3 Å². The van der Waals surface area contributed by atoms with Gasteiger partial charge >= 0.3 is 0 Å². The smallest absolute Gasteiger partial charge is 0.0355 e. The summed E-state index contributed by atoms with van der Waals surface area (Å²) in [6, 6.07) is 14.1. The molecular weight excluding hydrogens is 424 g/mol. The van der Waals surface area contributed by atoms with Crippen LogP contribution in [0.15, 0.2) is 48.6 Å². The van der Waals surface area contributed by atoms with Gasteiger partial charge in [0.25, 0.3) is 0 Å². The minimum atomic E-state index is 0.736. The predicted octanol–water partition coefficient (Wildman–Crippen LogP) is 5.18. The van der Waals surface area contributed by atoms with Gasteiger partial charge in [0.2, 0.25) is 0 Å². The number of nitrogens with two attached hydrogens (primary N) is 2. The number of hydrogen-bond donors (Lipinski definition) is 2. The fourth-order valence-electron chi connectivity index (χ4n) is 4.89. The Morgan fingerprint density at radius 3 is 1.55 bits per heavy atom. The van der Waals surface area contributed by atoms with Crippen molar-refractivity contribution in [3.8, 4) is 0 Å². The Morgan fingerprint density at radius 2 is 1.18 bits per heavy atom. The average Bonchev–Trinajstić information content (AvgIpc) is 3.24. The number of fused-ring (bicyclic) bond motifs is 3. The van der Waals surface area contributed by atoms with Gasteiger partial charge in [-0.2, -0.15) is 0 Å². The third-order valence-corrected chi connectivity index (χ3v) is 7.84. The fraction of sp³-hybridized carbons (Fsp3) is 0.429. The van der Waals surface area contributed by atoms with E-state index < -0.39 is 0 Å². The van der Waals surface area contributed by atoms with Crippen molar-refractivity contribution in [3.63, 3.8) is 0 Å². The van der Waals surface area contributed by atoms with Gasteiger partial charge in [-0.25, -0.2) is 0 Å². The lowest BCUT2D eigenvalue weighted by molar-refractivity contribution is 0.310. The minimum Gasteiger partial charge on any atom is -0.329 e. The quantitative estimate of drug-likeness (QED) is 0.530. The van der Waals surface area contributed by atoms with Crippen LogP contribution in [-0.4, -0.2) is 62.2 Å². The number of benzene rings is 2. The molecular formula is C28H38N4S. The van der Waals surface area contributed by atoms with E-state index in [9.17, 15) is 0 Å². The monoisotopic (exact) mass is 462 g/mol.